The molecule has 0 bridgehead atoms. The van der Waals surface area contributed by atoms with Crippen LogP contribution in [0.5, 0.6) is 0 Å². The molecule has 1 aromatic heterocycles. The molecule has 2 aliphatic rings. The monoisotopic (exact) mass is 373 g/mol. The van der Waals surface area contributed by atoms with E-state index >= 15 is 0 Å². The first-order chi connectivity index (χ1) is 13.1. The molecule has 2 saturated heterocycles. The maximum atomic E-state index is 12.4. The molecule has 1 unspecified atom stereocenters. The summed E-state index contributed by atoms with van der Waals surface area (Å²) in [4.78, 5) is 33.2. The van der Waals surface area contributed by atoms with Crippen molar-refractivity contribution in [3.05, 3.63) is 23.9 Å². The predicted molar refractivity (Wildman–Crippen MR) is 106 cm³/mol. The van der Waals surface area contributed by atoms with E-state index in [0.29, 0.717) is 6.54 Å². The molecule has 148 valence electrons. The summed E-state index contributed by atoms with van der Waals surface area (Å²) in [6.07, 6.45) is 8.76. The van der Waals surface area contributed by atoms with E-state index in [2.05, 4.69) is 20.5 Å². The van der Waals surface area contributed by atoms with Crippen LogP contribution in [0.3, 0.4) is 0 Å². The number of urea groups is 1. The number of nitrogens with one attached hydrogen (secondary N) is 2. The third-order valence-electron chi connectivity index (χ3n) is 5.33. The van der Waals surface area contributed by atoms with Crippen LogP contribution in [0.1, 0.15) is 51.0 Å². The SMILES string of the molecule is CC(NC(=O)NCc1ccnc(N2CCCCC2)c1)C(=O)N1CCCCC1. The van der Waals surface area contributed by atoms with Crippen LogP contribution < -0.4 is 15.5 Å². The largest absolute Gasteiger partial charge is 0.357 e. The molecule has 0 aromatic carbocycles. The highest BCUT2D eigenvalue weighted by Gasteiger charge is 2.23. The van der Waals surface area contributed by atoms with E-state index < -0.39 is 6.04 Å². The fourth-order valence-electron chi connectivity index (χ4n) is 3.75. The second-order valence-electron chi connectivity index (χ2n) is 7.50. The standard InChI is InChI=1S/C20H31N5O2/c1-16(19(26)25-12-6-3-7-13-25)23-20(27)22-15-17-8-9-21-18(14-17)24-10-4-2-5-11-24/h8-9,14,16H,2-7,10-13,15H2,1H3,(H2,22,23,27). The third-order valence-corrected chi connectivity index (χ3v) is 5.33. The highest BCUT2D eigenvalue weighted by molar-refractivity contribution is 5.86. The van der Waals surface area contributed by atoms with Gasteiger partial charge in [-0.3, -0.25) is 4.79 Å². The third kappa shape index (κ3) is 5.58. The van der Waals surface area contributed by atoms with E-state index in [1.165, 1.54) is 25.7 Å². The predicted octanol–water partition coefficient (Wildman–Crippen LogP) is 2.27. The summed E-state index contributed by atoms with van der Waals surface area (Å²) >= 11 is 0. The van der Waals surface area contributed by atoms with Crippen molar-refractivity contribution < 1.29 is 9.59 Å². The molecular formula is C20H31N5O2. The van der Waals surface area contributed by atoms with Gasteiger partial charge in [-0.15, -0.1) is 0 Å². The Hall–Kier alpha value is -2.31. The summed E-state index contributed by atoms with van der Waals surface area (Å²) < 4.78 is 0. The minimum absolute atomic E-state index is 0.00106. The van der Waals surface area contributed by atoms with Gasteiger partial charge in [0.25, 0.3) is 0 Å². The molecule has 2 fully saturated rings. The maximum Gasteiger partial charge on any atom is 0.315 e. The quantitative estimate of drug-likeness (QED) is 0.830. The van der Waals surface area contributed by atoms with Gasteiger partial charge in [0.2, 0.25) is 5.91 Å². The first-order valence-electron chi connectivity index (χ1n) is 10.2. The van der Waals surface area contributed by atoms with Crippen LogP contribution in [0.4, 0.5) is 10.6 Å². The van der Waals surface area contributed by atoms with Crippen LogP contribution in [0, 0.1) is 0 Å². The van der Waals surface area contributed by atoms with Gasteiger partial charge in [-0.25, -0.2) is 9.78 Å². The number of hydrogen-bond acceptors (Lipinski definition) is 4. The number of anilines is 1. The summed E-state index contributed by atoms with van der Waals surface area (Å²) in [5.74, 6) is 0.976. The molecule has 7 heteroatoms. The van der Waals surface area contributed by atoms with Crippen LogP contribution in [0.25, 0.3) is 0 Å². The van der Waals surface area contributed by atoms with Gasteiger partial charge < -0.3 is 20.4 Å². The highest BCUT2D eigenvalue weighted by atomic mass is 16.2. The first kappa shape index (κ1) is 19.5. The number of piperidine rings is 2. The van der Waals surface area contributed by atoms with Gasteiger partial charge in [0.15, 0.2) is 0 Å². The Bertz CT molecular complexity index is 639. The van der Waals surface area contributed by atoms with Crippen LogP contribution in [0.2, 0.25) is 0 Å². The minimum Gasteiger partial charge on any atom is -0.357 e. The van der Waals surface area contributed by atoms with E-state index in [0.717, 1.165) is 50.4 Å². The minimum atomic E-state index is -0.510. The van der Waals surface area contributed by atoms with E-state index in [1.807, 2.05) is 17.0 Å². The number of rotatable bonds is 5. The molecule has 7 nitrogen and oxygen atoms in total. The number of carbonyl (C=O) groups is 2. The maximum absolute atomic E-state index is 12.4. The molecule has 1 atom stereocenters. The first-order valence-corrected chi connectivity index (χ1v) is 10.2. The Morgan fingerprint density at radius 1 is 1.07 bits per heavy atom. The lowest BCUT2D eigenvalue weighted by atomic mass is 10.1. The van der Waals surface area contributed by atoms with Crippen molar-refractivity contribution in [2.45, 2.75) is 58.0 Å². The van der Waals surface area contributed by atoms with Crippen LogP contribution in [-0.2, 0) is 11.3 Å². The summed E-state index contributed by atoms with van der Waals surface area (Å²) in [6.45, 7) is 5.84. The lowest BCUT2D eigenvalue weighted by Crippen LogP contribution is -2.50. The fourth-order valence-corrected chi connectivity index (χ4v) is 3.75. The summed E-state index contributed by atoms with van der Waals surface area (Å²) in [7, 11) is 0. The van der Waals surface area contributed by atoms with Crippen LogP contribution >= 0.6 is 0 Å². The Balaban J connectivity index is 1.46. The van der Waals surface area contributed by atoms with Gasteiger partial charge in [-0.05, 0) is 63.1 Å². The van der Waals surface area contributed by atoms with E-state index in [4.69, 9.17) is 0 Å². The van der Waals surface area contributed by atoms with Gasteiger partial charge in [0.1, 0.15) is 11.9 Å². The number of likely N-dealkylation sites (tertiary alicyclic amines) is 1. The second kappa shape index (κ2) is 9.58. The van der Waals surface area contributed by atoms with Crippen molar-refractivity contribution in [2.24, 2.45) is 0 Å². The molecular weight excluding hydrogens is 342 g/mol. The van der Waals surface area contributed by atoms with Crippen molar-refractivity contribution in [1.29, 1.82) is 0 Å². The van der Waals surface area contributed by atoms with Crippen molar-refractivity contribution >= 4 is 17.8 Å². The van der Waals surface area contributed by atoms with Crippen molar-refractivity contribution in [1.82, 2.24) is 20.5 Å². The van der Waals surface area contributed by atoms with E-state index in [-0.39, 0.29) is 11.9 Å². The Morgan fingerprint density at radius 3 is 2.44 bits per heavy atom. The van der Waals surface area contributed by atoms with Crippen molar-refractivity contribution in [3.63, 3.8) is 0 Å². The lowest BCUT2D eigenvalue weighted by molar-refractivity contribution is -0.133. The molecule has 0 aliphatic carbocycles. The zero-order valence-corrected chi connectivity index (χ0v) is 16.2. The Morgan fingerprint density at radius 2 is 1.74 bits per heavy atom. The Kier molecular flexibility index (Phi) is 6.90. The summed E-state index contributed by atoms with van der Waals surface area (Å²) in [5.41, 5.74) is 1.01. The number of aromatic nitrogens is 1. The molecule has 27 heavy (non-hydrogen) atoms. The number of amides is 3. The second-order valence-corrected chi connectivity index (χ2v) is 7.50. The topological polar surface area (TPSA) is 77.6 Å². The molecule has 2 aliphatic heterocycles. The average Bonchev–Trinajstić information content (AvgIpc) is 2.73. The zero-order chi connectivity index (χ0) is 19.1. The van der Waals surface area contributed by atoms with Crippen LogP contribution in [-0.4, -0.2) is 54.0 Å². The molecule has 3 heterocycles. The fraction of sp³-hybridized carbons (Fsp3) is 0.650. The molecule has 0 saturated carbocycles. The molecule has 3 rings (SSSR count). The lowest BCUT2D eigenvalue weighted by Gasteiger charge is -2.29. The van der Waals surface area contributed by atoms with Crippen LogP contribution in [0.15, 0.2) is 18.3 Å². The number of pyridine rings is 1. The molecule has 2 N–H and O–H groups in total. The van der Waals surface area contributed by atoms with Gasteiger partial charge in [-0.2, -0.15) is 0 Å². The smallest absolute Gasteiger partial charge is 0.315 e. The van der Waals surface area contributed by atoms with Gasteiger partial charge in [0, 0.05) is 38.9 Å². The molecule has 0 radical (unpaired) electrons. The zero-order valence-electron chi connectivity index (χ0n) is 16.2. The van der Waals surface area contributed by atoms with E-state index in [9.17, 15) is 9.59 Å². The highest BCUT2D eigenvalue weighted by Crippen LogP contribution is 2.18. The van der Waals surface area contributed by atoms with E-state index in [1.54, 1.807) is 13.1 Å². The van der Waals surface area contributed by atoms with Gasteiger partial charge >= 0.3 is 6.03 Å². The molecule has 0 spiro atoms. The summed E-state index contributed by atoms with van der Waals surface area (Å²) in [5, 5.41) is 5.61. The number of nitrogens with zero attached hydrogens (tertiary/aromatic N) is 3. The Labute approximate surface area is 161 Å². The van der Waals surface area contributed by atoms with Gasteiger partial charge in [0.05, 0.1) is 0 Å². The normalized spacial score (nSPS) is 18.7. The number of carbonyl (C=O) groups excluding carboxylic acids is 2. The molecule has 3 amide bonds. The van der Waals surface area contributed by atoms with Gasteiger partial charge in [-0.1, -0.05) is 0 Å². The van der Waals surface area contributed by atoms with Crippen molar-refractivity contribution in [3.8, 4) is 0 Å². The molecule has 1 aromatic rings. The van der Waals surface area contributed by atoms with Crippen molar-refractivity contribution in [2.75, 3.05) is 31.1 Å². The summed E-state index contributed by atoms with van der Waals surface area (Å²) in [6, 6.07) is 3.12. The average molecular weight is 374 g/mol. The number of hydrogen-bond donors (Lipinski definition) is 2.